The van der Waals surface area contributed by atoms with E-state index in [1.807, 2.05) is 37.3 Å². The van der Waals surface area contributed by atoms with Crippen LogP contribution in [-0.4, -0.2) is 37.0 Å². The molecule has 1 aliphatic carbocycles. The Bertz CT molecular complexity index is 688. The zero-order chi connectivity index (χ0) is 19.6. The molecule has 1 amide bonds. The number of aryl methyl sites for hydroxylation is 1. The summed E-state index contributed by atoms with van der Waals surface area (Å²) in [5, 5.41) is 0. The van der Waals surface area contributed by atoms with E-state index in [9.17, 15) is 9.59 Å². The van der Waals surface area contributed by atoms with Gasteiger partial charge in [0.15, 0.2) is 0 Å². The van der Waals surface area contributed by atoms with Crippen molar-refractivity contribution in [3.8, 4) is 0 Å². The largest absolute Gasteiger partial charge is 0.469 e. The van der Waals surface area contributed by atoms with Gasteiger partial charge in [-0.25, -0.2) is 0 Å². The third-order valence-corrected chi connectivity index (χ3v) is 4.99. The number of allylic oxidation sites excluding steroid dienone is 1. The van der Waals surface area contributed by atoms with Crippen LogP contribution in [0.1, 0.15) is 50.2 Å². The Labute approximate surface area is 162 Å². The molecule has 1 atom stereocenters. The van der Waals surface area contributed by atoms with Gasteiger partial charge in [0, 0.05) is 19.2 Å². The van der Waals surface area contributed by atoms with Crippen LogP contribution in [0.25, 0.3) is 6.08 Å². The molecule has 0 bridgehead atoms. The van der Waals surface area contributed by atoms with Gasteiger partial charge in [0.1, 0.15) is 0 Å². The Morgan fingerprint density at radius 1 is 1.22 bits per heavy atom. The summed E-state index contributed by atoms with van der Waals surface area (Å²) >= 11 is 0. The quantitative estimate of drug-likeness (QED) is 0.384. The maximum absolute atomic E-state index is 12.8. The van der Waals surface area contributed by atoms with Crippen molar-refractivity contribution in [3.05, 3.63) is 53.1 Å². The zero-order valence-electron chi connectivity index (χ0n) is 16.7. The summed E-state index contributed by atoms with van der Waals surface area (Å²) in [6.45, 7) is 4.84. The Hall–Kier alpha value is -2.36. The van der Waals surface area contributed by atoms with Gasteiger partial charge in [0.25, 0.3) is 0 Å². The second kappa shape index (κ2) is 10.7. The molecule has 0 heterocycles. The first-order chi connectivity index (χ1) is 13.0. The summed E-state index contributed by atoms with van der Waals surface area (Å²) in [6.07, 6.45) is 11.3. The van der Waals surface area contributed by atoms with Gasteiger partial charge in [-0.15, -0.1) is 0 Å². The van der Waals surface area contributed by atoms with Crippen LogP contribution in [0.5, 0.6) is 0 Å². The van der Waals surface area contributed by atoms with Crippen molar-refractivity contribution >= 4 is 18.0 Å². The molecule has 0 fully saturated rings. The lowest BCUT2D eigenvalue weighted by atomic mass is 9.97. The zero-order valence-corrected chi connectivity index (χ0v) is 16.7. The summed E-state index contributed by atoms with van der Waals surface area (Å²) in [5.74, 6) is -0.693. The highest BCUT2D eigenvalue weighted by Crippen LogP contribution is 2.20. The second-order valence-electron chi connectivity index (χ2n) is 7.31. The minimum Gasteiger partial charge on any atom is -0.469 e. The SMILES string of the molecule is COC(=O)C(C)CN(CCC1=CCCCC1)C(=O)/C=C/c1ccc(C)cc1. The Morgan fingerprint density at radius 2 is 1.96 bits per heavy atom. The highest BCUT2D eigenvalue weighted by molar-refractivity contribution is 5.92. The fourth-order valence-electron chi connectivity index (χ4n) is 3.26. The molecule has 146 valence electrons. The average molecular weight is 370 g/mol. The molecule has 0 aromatic heterocycles. The van der Waals surface area contributed by atoms with Crippen LogP contribution in [0, 0.1) is 12.8 Å². The van der Waals surface area contributed by atoms with Crippen LogP contribution in [-0.2, 0) is 14.3 Å². The molecule has 0 N–H and O–H groups in total. The summed E-state index contributed by atoms with van der Waals surface area (Å²) in [4.78, 5) is 26.3. The van der Waals surface area contributed by atoms with E-state index in [4.69, 9.17) is 4.74 Å². The first kappa shape index (κ1) is 20.9. The molecule has 2 rings (SSSR count). The Morgan fingerprint density at radius 3 is 2.59 bits per heavy atom. The third-order valence-electron chi connectivity index (χ3n) is 4.99. The molecular weight excluding hydrogens is 338 g/mol. The lowest BCUT2D eigenvalue weighted by Gasteiger charge is -2.25. The molecule has 4 nitrogen and oxygen atoms in total. The van der Waals surface area contributed by atoms with Gasteiger partial charge < -0.3 is 9.64 Å². The van der Waals surface area contributed by atoms with Gasteiger partial charge in [0.2, 0.25) is 5.91 Å². The van der Waals surface area contributed by atoms with E-state index in [2.05, 4.69) is 6.08 Å². The third kappa shape index (κ3) is 7.05. The van der Waals surface area contributed by atoms with Crippen molar-refractivity contribution in [2.75, 3.05) is 20.2 Å². The molecule has 0 spiro atoms. The predicted octanol–water partition coefficient (Wildman–Crippen LogP) is 4.54. The average Bonchev–Trinajstić information content (AvgIpc) is 2.70. The van der Waals surface area contributed by atoms with Crippen LogP contribution in [0.3, 0.4) is 0 Å². The van der Waals surface area contributed by atoms with Crippen molar-refractivity contribution in [1.82, 2.24) is 4.90 Å². The molecule has 0 aliphatic heterocycles. The number of hydrogen-bond acceptors (Lipinski definition) is 3. The Kier molecular flexibility index (Phi) is 8.31. The maximum Gasteiger partial charge on any atom is 0.310 e. The lowest BCUT2D eigenvalue weighted by Crippen LogP contribution is -2.37. The van der Waals surface area contributed by atoms with Crippen LogP contribution >= 0.6 is 0 Å². The molecule has 0 radical (unpaired) electrons. The van der Waals surface area contributed by atoms with Crippen molar-refractivity contribution < 1.29 is 14.3 Å². The van der Waals surface area contributed by atoms with Gasteiger partial charge in [-0.05, 0) is 50.7 Å². The van der Waals surface area contributed by atoms with E-state index in [-0.39, 0.29) is 17.8 Å². The molecule has 27 heavy (non-hydrogen) atoms. The van der Waals surface area contributed by atoms with Gasteiger partial charge in [-0.1, -0.05) is 48.4 Å². The number of esters is 1. The van der Waals surface area contributed by atoms with E-state index in [0.29, 0.717) is 13.1 Å². The van der Waals surface area contributed by atoms with Gasteiger partial charge >= 0.3 is 5.97 Å². The Balaban J connectivity index is 2.03. The minimum absolute atomic E-state index is 0.0669. The summed E-state index contributed by atoms with van der Waals surface area (Å²) in [5.41, 5.74) is 3.60. The monoisotopic (exact) mass is 369 g/mol. The number of ether oxygens (including phenoxy) is 1. The number of amides is 1. The first-order valence-corrected chi connectivity index (χ1v) is 9.79. The molecule has 4 heteroatoms. The van der Waals surface area contributed by atoms with E-state index < -0.39 is 0 Å². The fraction of sp³-hybridized carbons (Fsp3) is 0.478. The van der Waals surface area contributed by atoms with Crippen LogP contribution in [0.4, 0.5) is 0 Å². The molecular formula is C23H31NO3. The first-order valence-electron chi connectivity index (χ1n) is 9.79. The number of rotatable bonds is 8. The van der Waals surface area contributed by atoms with Crippen molar-refractivity contribution in [1.29, 1.82) is 0 Å². The number of benzene rings is 1. The molecule has 0 saturated carbocycles. The lowest BCUT2D eigenvalue weighted by molar-refractivity contribution is -0.146. The van der Waals surface area contributed by atoms with Crippen LogP contribution < -0.4 is 0 Å². The van der Waals surface area contributed by atoms with Gasteiger partial charge in [-0.3, -0.25) is 9.59 Å². The summed E-state index contributed by atoms with van der Waals surface area (Å²) in [7, 11) is 1.38. The molecule has 0 saturated heterocycles. The number of carbonyl (C=O) groups excluding carboxylic acids is 2. The maximum atomic E-state index is 12.8. The highest BCUT2D eigenvalue weighted by Gasteiger charge is 2.20. The normalized spacial score (nSPS) is 15.3. The molecule has 1 unspecified atom stereocenters. The van der Waals surface area contributed by atoms with Crippen molar-refractivity contribution in [3.63, 3.8) is 0 Å². The predicted molar refractivity (Wildman–Crippen MR) is 109 cm³/mol. The topological polar surface area (TPSA) is 46.6 Å². The summed E-state index contributed by atoms with van der Waals surface area (Å²) in [6, 6.07) is 8.04. The fourth-order valence-corrected chi connectivity index (χ4v) is 3.26. The highest BCUT2D eigenvalue weighted by atomic mass is 16.5. The smallest absolute Gasteiger partial charge is 0.310 e. The number of nitrogens with zero attached hydrogens (tertiary/aromatic N) is 1. The van der Waals surface area contributed by atoms with E-state index in [1.54, 1.807) is 17.9 Å². The minimum atomic E-state index is -0.341. The molecule has 1 aromatic rings. The summed E-state index contributed by atoms with van der Waals surface area (Å²) < 4.78 is 4.82. The van der Waals surface area contributed by atoms with Crippen molar-refractivity contribution in [2.45, 2.75) is 46.0 Å². The molecule has 1 aliphatic rings. The van der Waals surface area contributed by atoms with E-state index in [1.165, 1.54) is 31.1 Å². The number of methoxy groups -OCH3 is 1. The number of hydrogen-bond donors (Lipinski definition) is 0. The standard InChI is InChI=1S/C23H31NO3/c1-18-9-11-21(12-10-18)13-14-22(25)24(17-19(2)23(26)27-3)16-15-20-7-5-4-6-8-20/h7,9-14,19H,4-6,8,15-17H2,1-3H3/b14-13+. The van der Waals surface area contributed by atoms with Crippen LogP contribution in [0.2, 0.25) is 0 Å². The number of carbonyl (C=O) groups is 2. The second-order valence-corrected chi connectivity index (χ2v) is 7.31. The molecule has 1 aromatic carbocycles. The van der Waals surface area contributed by atoms with Crippen molar-refractivity contribution in [2.24, 2.45) is 5.92 Å². The van der Waals surface area contributed by atoms with Gasteiger partial charge in [0.05, 0.1) is 13.0 Å². The van der Waals surface area contributed by atoms with Crippen LogP contribution in [0.15, 0.2) is 42.0 Å². The van der Waals surface area contributed by atoms with E-state index in [0.717, 1.165) is 24.8 Å². The van der Waals surface area contributed by atoms with E-state index >= 15 is 0 Å². The van der Waals surface area contributed by atoms with Gasteiger partial charge in [-0.2, -0.15) is 0 Å².